The zero-order valence-electron chi connectivity index (χ0n) is 14.4. The molecule has 4 rings (SSSR count). The number of aliphatic imine (C=N–C) groups is 1. The van der Waals surface area contributed by atoms with E-state index in [1.807, 2.05) is 64.3 Å². The third-order valence-corrected chi connectivity index (χ3v) is 7.84. The monoisotopic (exact) mass is 365 g/mol. The van der Waals surface area contributed by atoms with Crippen LogP contribution in [0.15, 0.2) is 76.1 Å². The number of hydrogen-bond donors (Lipinski definition) is 1. The maximum Gasteiger partial charge on any atom is 0.263 e. The standard InChI is InChI=1S/C20H19N3O2S/c1-2-18(24)22-20-21-12-13-26(20,16-9-4-3-5-10-16)23-14-15-8-6-7-11-17(15)19(23)25/h3-13H,2,14H2,1H3,(H,21,22,24). The summed E-state index contributed by atoms with van der Waals surface area (Å²) >= 11 is 0. The zero-order valence-corrected chi connectivity index (χ0v) is 15.2. The van der Waals surface area contributed by atoms with E-state index in [0.717, 1.165) is 16.0 Å². The average molecular weight is 365 g/mol. The van der Waals surface area contributed by atoms with Gasteiger partial charge in [-0.15, -0.1) is 0 Å². The topological polar surface area (TPSA) is 61.8 Å². The number of amides is 2. The first-order valence-electron chi connectivity index (χ1n) is 8.49. The molecule has 6 heteroatoms. The lowest BCUT2D eigenvalue weighted by atomic mass is 10.1. The highest BCUT2D eigenvalue weighted by atomic mass is 32.3. The van der Waals surface area contributed by atoms with Crippen LogP contribution in [-0.2, 0) is 11.3 Å². The van der Waals surface area contributed by atoms with E-state index in [1.54, 1.807) is 13.1 Å². The second-order valence-corrected chi connectivity index (χ2v) is 8.88. The van der Waals surface area contributed by atoms with Crippen molar-refractivity contribution in [3.63, 3.8) is 0 Å². The fraction of sp³-hybridized carbons (Fsp3) is 0.150. The maximum absolute atomic E-state index is 13.2. The number of fused-ring (bicyclic) bond motifs is 1. The lowest BCUT2D eigenvalue weighted by Crippen LogP contribution is -2.40. The highest BCUT2D eigenvalue weighted by molar-refractivity contribution is 8.46. The number of benzene rings is 2. The van der Waals surface area contributed by atoms with Crippen LogP contribution in [0.5, 0.6) is 0 Å². The molecule has 0 fully saturated rings. The number of rotatable bonds is 3. The molecule has 0 aliphatic carbocycles. The predicted molar refractivity (Wildman–Crippen MR) is 104 cm³/mol. The molecule has 2 aromatic rings. The van der Waals surface area contributed by atoms with Crippen molar-refractivity contribution in [3.8, 4) is 0 Å². The summed E-state index contributed by atoms with van der Waals surface area (Å²) in [5.74, 6) is -0.131. The molecule has 1 N–H and O–H groups in total. The largest absolute Gasteiger partial charge is 0.305 e. The van der Waals surface area contributed by atoms with E-state index >= 15 is 0 Å². The van der Waals surface area contributed by atoms with Crippen molar-refractivity contribution in [1.29, 1.82) is 0 Å². The Kier molecular flexibility index (Phi) is 4.12. The van der Waals surface area contributed by atoms with Gasteiger partial charge in [0.05, 0.1) is 6.54 Å². The first-order valence-corrected chi connectivity index (χ1v) is 10.1. The van der Waals surface area contributed by atoms with E-state index in [2.05, 4.69) is 10.3 Å². The minimum Gasteiger partial charge on any atom is -0.305 e. The second-order valence-electron chi connectivity index (χ2n) is 6.06. The second kappa shape index (κ2) is 6.46. The predicted octanol–water partition coefficient (Wildman–Crippen LogP) is 3.79. The first kappa shape index (κ1) is 16.6. The molecule has 2 aliphatic rings. The van der Waals surface area contributed by atoms with Gasteiger partial charge >= 0.3 is 0 Å². The van der Waals surface area contributed by atoms with E-state index in [1.165, 1.54) is 0 Å². The van der Waals surface area contributed by atoms with Gasteiger partial charge in [0.15, 0.2) is 5.17 Å². The molecule has 0 saturated carbocycles. The number of amidine groups is 1. The Bertz CT molecular complexity index is 939. The summed E-state index contributed by atoms with van der Waals surface area (Å²) in [5.41, 5.74) is 1.72. The van der Waals surface area contributed by atoms with Gasteiger partial charge in [-0.1, -0.05) is 53.5 Å². The van der Waals surface area contributed by atoms with E-state index in [4.69, 9.17) is 0 Å². The van der Waals surface area contributed by atoms with Gasteiger partial charge < -0.3 is 5.32 Å². The Morgan fingerprint density at radius 1 is 1.15 bits per heavy atom. The molecule has 0 radical (unpaired) electrons. The molecule has 2 amide bonds. The van der Waals surface area contributed by atoms with Gasteiger partial charge in [-0.25, -0.2) is 4.99 Å². The summed E-state index contributed by atoms with van der Waals surface area (Å²) < 4.78 is 1.87. The van der Waals surface area contributed by atoms with Crippen LogP contribution in [0, 0.1) is 0 Å². The van der Waals surface area contributed by atoms with Crippen molar-refractivity contribution in [1.82, 2.24) is 9.62 Å². The molecule has 2 heterocycles. The Hall–Kier alpha value is -2.86. The van der Waals surface area contributed by atoms with Gasteiger partial charge in [0.25, 0.3) is 5.91 Å². The third-order valence-electron chi connectivity index (χ3n) is 4.55. The smallest absolute Gasteiger partial charge is 0.263 e. The van der Waals surface area contributed by atoms with Crippen LogP contribution >= 0.6 is 10.2 Å². The van der Waals surface area contributed by atoms with Gasteiger partial charge in [0, 0.05) is 28.5 Å². The number of nitrogens with one attached hydrogen (secondary N) is 1. The fourth-order valence-corrected chi connectivity index (χ4v) is 6.35. The molecule has 1 atom stereocenters. The molecule has 0 saturated heterocycles. The summed E-state index contributed by atoms with van der Waals surface area (Å²) in [4.78, 5) is 30.7. The molecular formula is C20H19N3O2S. The summed E-state index contributed by atoms with van der Waals surface area (Å²) in [6.45, 7) is 2.30. The zero-order chi connectivity index (χ0) is 18.1. The molecule has 132 valence electrons. The van der Waals surface area contributed by atoms with Crippen molar-refractivity contribution in [2.45, 2.75) is 24.8 Å². The number of carbonyl (C=O) groups is 2. The molecular weight excluding hydrogens is 346 g/mol. The van der Waals surface area contributed by atoms with Gasteiger partial charge in [-0.05, 0) is 23.8 Å². The summed E-state index contributed by atoms with van der Waals surface area (Å²) in [7, 11) is -2.06. The molecule has 2 aromatic carbocycles. The molecule has 0 spiro atoms. The number of carbonyl (C=O) groups excluding carboxylic acids is 2. The van der Waals surface area contributed by atoms with Crippen molar-refractivity contribution in [2.24, 2.45) is 4.99 Å². The van der Waals surface area contributed by atoms with E-state index in [0.29, 0.717) is 18.1 Å². The molecule has 1 unspecified atom stereocenters. The Labute approximate surface area is 153 Å². The van der Waals surface area contributed by atoms with Crippen LogP contribution in [0.2, 0.25) is 0 Å². The van der Waals surface area contributed by atoms with Gasteiger partial charge in [0.2, 0.25) is 5.91 Å². The number of hydrogen-bond acceptors (Lipinski definition) is 3. The minimum atomic E-state index is -2.06. The minimum absolute atomic E-state index is 0.0237. The Morgan fingerprint density at radius 3 is 2.62 bits per heavy atom. The first-order chi connectivity index (χ1) is 12.7. The molecule has 2 aliphatic heterocycles. The summed E-state index contributed by atoms with van der Waals surface area (Å²) in [5, 5.41) is 5.46. The fourth-order valence-electron chi connectivity index (χ4n) is 3.23. The lowest BCUT2D eigenvalue weighted by molar-refractivity contribution is -0.119. The van der Waals surface area contributed by atoms with Crippen molar-refractivity contribution < 1.29 is 9.59 Å². The molecule has 5 nitrogen and oxygen atoms in total. The highest BCUT2D eigenvalue weighted by Crippen LogP contribution is 2.64. The summed E-state index contributed by atoms with van der Waals surface area (Å²) in [6, 6.07) is 17.5. The molecule has 0 aromatic heterocycles. The maximum atomic E-state index is 13.2. The van der Waals surface area contributed by atoms with Crippen molar-refractivity contribution in [3.05, 3.63) is 77.3 Å². The van der Waals surface area contributed by atoms with Gasteiger partial charge in [0.1, 0.15) is 0 Å². The molecule has 26 heavy (non-hydrogen) atoms. The van der Waals surface area contributed by atoms with Crippen molar-refractivity contribution in [2.75, 3.05) is 0 Å². The van der Waals surface area contributed by atoms with Gasteiger partial charge in [-0.3, -0.25) is 13.9 Å². The number of nitrogens with zero attached hydrogens (tertiary/aromatic N) is 2. The molecule has 0 bridgehead atoms. The van der Waals surface area contributed by atoms with Gasteiger partial charge in [-0.2, -0.15) is 0 Å². The highest BCUT2D eigenvalue weighted by Gasteiger charge is 2.45. The summed E-state index contributed by atoms with van der Waals surface area (Å²) in [6.07, 6.45) is 2.06. The van der Waals surface area contributed by atoms with Crippen LogP contribution in [0.3, 0.4) is 0 Å². The van der Waals surface area contributed by atoms with E-state index in [9.17, 15) is 9.59 Å². The normalized spacial score (nSPS) is 23.3. The average Bonchev–Trinajstić information content (AvgIpc) is 3.24. The van der Waals surface area contributed by atoms with Crippen molar-refractivity contribution >= 4 is 27.2 Å². The lowest BCUT2D eigenvalue weighted by Gasteiger charge is -2.43. The van der Waals surface area contributed by atoms with E-state index in [-0.39, 0.29) is 11.8 Å². The van der Waals surface area contributed by atoms with E-state index < -0.39 is 10.2 Å². The SMILES string of the molecule is CCC(=O)NC1=NC=CS1(c1ccccc1)N1Cc2ccccc2C1=O. The van der Waals surface area contributed by atoms with Crippen LogP contribution in [0.1, 0.15) is 29.3 Å². The third kappa shape index (κ3) is 2.45. The Balaban J connectivity index is 1.84. The Morgan fingerprint density at radius 2 is 1.88 bits per heavy atom. The van der Waals surface area contributed by atoms with Crippen LogP contribution in [0.25, 0.3) is 0 Å². The van der Waals surface area contributed by atoms with Crippen LogP contribution < -0.4 is 5.32 Å². The van der Waals surface area contributed by atoms with Crippen LogP contribution in [-0.4, -0.2) is 21.3 Å². The van der Waals surface area contributed by atoms with Crippen LogP contribution in [0.4, 0.5) is 0 Å². The quantitative estimate of drug-likeness (QED) is 0.899.